The molecule has 5 fully saturated rings. The molecule has 0 aromatic carbocycles. The van der Waals surface area contributed by atoms with Gasteiger partial charge < -0.3 is 9.84 Å². The number of ether oxygens (including phenoxy) is 1. The predicted octanol–water partition coefficient (Wildman–Crippen LogP) is 6.68. The molecule has 1 aliphatic heterocycles. The van der Waals surface area contributed by atoms with Gasteiger partial charge >= 0.3 is 5.97 Å². The Labute approximate surface area is 201 Å². The van der Waals surface area contributed by atoms with E-state index in [1.807, 2.05) is 6.92 Å². The summed E-state index contributed by atoms with van der Waals surface area (Å²) in [4.78, 5) is 11.9. The molecule has 0 radical (unpaired) electrons. The number of hydrogen-bond acceptors (Lipinski definition) is 3. The first kappa shape index (κ1) is 22.6. The third kappa shape index (κ3) is 2.59. The minimum atomic E-state index is -0.120. The minimum absolute atomic E-state index is 0.0177. The maximum atomic E-state index is 11.9. The molecule has 3 nitrogen and oxygen atoms in total. The highest BCUT2D eigenvalue weighted by Crippen LogP contribution is 2.89. The number of carbonyl (C=O) groups excluding carboxylic acids is 1. The lowest BCUT2D eigenvalue weighted by Crippen LogP contribution is -2.57. The van der Waals surface area contributed by atoms with Crippen molar-refractivity contribution in [3.8, 4) is 0 Å². The van der Waals surface area contributed by atoms with Crippen LogP contribution < -0.4 is 0 Å². The van der Waals surface area contributed by atoms with Crippen LogP contribution in [0.5, 0.6) is 0 Å². The molecule has 33 heavy (non-hydrogen) atoms. The van der Waals surface area contributed by atoms with Crippen LogP contribution in [0.15, 0.2) is 11.6 Å². The number of esters is 1. The molecule has 2 spiro atoms. The van der Waals surface area contributed by atoms with Crippen LogP contribution in [-0.2, 0) is 9.53 Å². The van der Waals surface area contributed by atoms with Gasteiger partial charge in [0.1, 0.15) is 6.10 Å². The van der Waals surface area contributed by atoms with E-state index in [1.54, 1.807) is 0 Å². The van der Waals surface area contributed by atoms with E-state index in [4.69, 9.17) is 4.74 Å². The zero-order valence-electron chi connectivity index (χ0n) is 21.9. The van der Waals surface area contributed by atoms with Gasteiger partial charge in [0, 0.05) is 5.57 Å². The standard InChI is InChI=1S/C30H46O3/c1-18(15-20-16-19(2)25(32)33-20)21-9-11-28(6)23-8-7-22-26(3,4)24(31)10-12-29(22)17-30(23,29)14-13-27(21,28)5/h16,18,20-24,31H,7-15,17H2,1-6H3/t18-,20-,21-,22+,23+,24+,27-,28+,29-,30+/m1/s1. The van der Waals surface area contributed by atoms with E-state index in [9.17, 15) is 9.90 Å². The molecule has 0 amide bonds. The van der Waals surface area contributed by atoms with E-state index < -0.39 is 0 Å². The minimum Gasteiger partial charge on any atom is -0.455 e. The fourth-order valence-corrected chi connectivity index (χ4v) is 11.6. The summed E-state index contributed by atoms with van der Waals surface area (Å²) >= 11 is 0. The normalized spacial score (nSPS) is 54.9. The topological polar surface area (TPSA) is 46.5 Å². The molecule has 0 aromatic rings. The van der Waals surface area contributed by atoms with Gasteiger partial charge in [0.2, 0.25) is 0 Å². The van der Waals surface area contributed by atoms with Crippen LogP contribution in [0.3, 0.4) is 0 Å². The van der Waals surface area contributed by atoms with Crippen LogP contribution in [0.2, 0.25) is 0 Å². The third-order valence-electron chi connectivity index (χ3n) is 13.5. The maximum absolute atomic E-state index is 11.9. The van der Waals surface area contributed by atoms with Crippen molar-refractivity contribution in [1.29, 1.82) is 0 Å². The molecule has 184 valence electrons. The predicted molar refractivity (Wildman–Crippen MR) is 130 cm³/mol. The summed E-state index contributed by atoms with van der Waals surface area (Å²) in [6, 6.07) is 0. The molecule has 5 aliphatic carbocycles. The lowest BCUT2D eigenvalue weighted by atomic mass is 9.41. The second-order valence-corrected chi connectivity index (χ2v) is 14.5. The van der Waals surface area contributed by atoms with E-state index in [-0.39, 0.29) is 23.6 Å². The van der Waals surface area contributed by atoms with Crippen LogP contribution in [0.4, 0.5) is 0 Å². The molecule has 0 unspecified atom stereocenters. The Kier molecular flexibility index (Phi) is 4.58. The Hall–Kier alpha value is -0.830. The van der Waals surface area contributed by atoms with Crippen molar-refractivity contribution in [3.63, 3.8) is 0 Å². The molecule has 0 aromatic heterocycles. The lowest BCUT2D eigenvalue weighted by molar-refractivity contribution is -0.162. The fraction of sp³-hybridized carbons (Fsp3) is 0.900. The summed E-state index contributed by atoms with van der Waals surface area (Å²) < 4.78 is 5.64. The highest BCUT2D eigenvalue weighted by atomic mass is 16.5. The first-order chi connectivity index (χ1) is 15.4. The summed E-state index contributed by atoms with van der Waals surface area (Å²) in [5.41, 5.74) is 2.76. The van der Waals surface area contributed by atoms with Gasteiger partial charge in [-0.25, -0.2) is 4.79 Å². The second-order valence-electron chi connectivity index (χ2n) is 14.5. The average molecular weight is 455 g/mol. The summed E-state index contributed by atoms with van der Waals surface area (Å²) in [7, 11) is 0. The Balaban J connectivity index is 1.26. The van der Waals surface area contributed by atoms with Crippen molar-refractivity contribution >= 4 is 5.97 Å². The van der Waals surface area contributed by atoms with Crippen molar-refractivity contribution in [1.82, 2.24) is 0 Å². The van der Waals surface area contributed by atoms with Crippen molar-refractivity contribution < 1.29 is 14.6 Å². The first-order valence-corrected chi connectivity index (χ1v) is 14.0. The third-order valence-corrected chi connectivity index (χ3v) is 13.5. The van der Waals surface area contributed by atoms with Crippen LogP contribution in [0.25, 0.3) is 0 Å². The molecular formula is C30H46O3. The number of hydrogen-bond donors (Lipinski definition) is 1. The number of aliphatic hydroxyl groups excluding tert-OH is 1. The molecule has 10 atom stereocenters. The van der Waals surface area contributed by atoms with Crippen molar-refractivity contribution in [3.05, 3.63) is 11.6 Å². The quantitative estimate of drug-likeness (QED) is 0.484. The van der Waals surface area contributed by atoms with Gasteiger partial charge in [0.05, 0.1) is 6.10 Å². The molecule has 0 bridgehead atoms. The van der Waals surface area contributed by atoms with E-state index >= 15 is 0 Å². The zero-order chi connectivity index (χ0) is 23.6. The Bertz CT molecular complexity index is 904. The molecule has 0 saturated heterocycles. The first-order valence-electron chi connectivity index (χ1n) is 14.0. The van der Waals surface area contributed by atoms with Gasteiger partial charge in [-0.15, -0.1) is 0 Å². The van der Waals surface area contributed by atoms with Crippen LogP contribution in [0.1, 0.15) is 106 Å². The Morgan fingerprint density at radius 3 is 2.36 bits per heavy atom. The van der Waals surface area contributed by atoms with Crippen molar-refractivity contribution in [2.24, 2.45) is 50.7 Å². The monoisotopic (exact) mass is 454 g/mol. The number of carbonyl (C=O) groups is 1. The van der Waals surface area contributed by atoms with Crippen molar-refractivity contribution in [2.75, 3.05) is 0 Å². The molecule has 1 N–H and O–H groups in total. The van der Waals surface area contributed by atoms with Gasteiger partial charge in [-0.05, 0) is 128 Å². The van der Waals surface area contributed by atoms with Crippen molar-refractivity contribution in [2.45, 2.75) is 118 Å². The summed E-state index contributed by atoms with van der Waals surface area (Å²) in [5.74, 6) is 2.76. The highest BCUT2D eigenvalue weighted by Gasteiger charge is 2.82. The van der Waals surface area contributed by atoms with Gasteiger partial charge in [0.15, 0.2) is 0 Å². The number of cyclic esters (lactones) is 1. The SMILES string of the molecule is CC1=C[C@@H](C[C@@H](C)[C@H]2CC[C@@]3(C)[C@@H]4CC[C@H]5C(C)(C)[C@@H](O)CC[C@@]56C[C@@]46CC[C@]23C)OC1=O. The van der Waals surface area contributed by atoms with E-state index in [1.165, 1.54) is 51.4 Å². The number of fused-ring (bicyclic) bond motifs is 2. The fourth-order valence-electron chi connectivity index (χ4n) is 11.6. The summed E-state index contributed by atoms with van der Waals surface area (Å²) in [6.07, 6.45) is 14.8. The highest BCUT2D eigenvalue weighted by molar-refractivity contribution is 5.90. The summed E-state index contributed by atoms with van der Waals surface area (Å²) in [5, 5.41) is 10.9. The molecule has 5 saturated carbocycles. The number of aliphatic hydroxyl groups is 1. The zero-order valence-corrected chi connectivity index (χ0v) is 21.9. The molecule has 6 rings (SSSR count). The van der Waals surface area contributed by atoms with Crippen LogP contribution in [0, 0.1) is 50.7 Å². The Morgan fingerprint density at radius 2 is 1.67 bits per heavy atom. The smallest absolute Gasteiger partial charge is 0.334 e. The van der Waals surface area contributed by atoms with Gasteiger partial charge in [0.25, 0.3) is 0 Å². The largest absolute Gasteiger partial charge is 0.455 e. The lowest BCUT2D eigenvalue weighted by Gasteiger charge is -2.63. The van der Waals surface area contributed by atoms with Crippen LogP contribution in [-0.4, -0.2) is 23.3 Å². The molecule has 3 heteroatoms. The second kappa shape index (κ2) is 6.68. The molecule has 6 aliphatic rings. The van der Waals surface area contributed by atoms with Gasteiger partial charge in [-0.3, -0.25) is 0 Å². The van der Waals surface area contributed by atoms with Gasteiger partial charge in [-0.2, -0.15) is 0 Å². The number of rotatable bonds is 3. The van der Waals surface area contributed by atoms with Gasteiger partial charge in [-0.1, -0.05) is 34.6 Å². The van der Waals surface area contributed by atoms with E-state index in [2.05, 4.69) is 40.7 Å². The van der Waals surface area contributed by atoms with E-state index in [0.29, 0.717) is 33.5 Å². The average Bonchev–Trinajstić information content (AvgIpc) is 3.19. The maximum Gasteiger partial charge on any atom is 0.334 e. The van der Waals surface area contributed by atoms with Crippen LogP contribution >= 0.6 is 0 Å². The molecule has 1 heterocycles. The Morgan fingerprint density at radius 1 is 0.970 bits per heavy atom. The summed E-state index contributed by atoms with van der Waals surface area (Å²) in [6.45, 7) is 14.4. The molecular weight excluding hydrogens is 408 g/mol. The van der Waals surface area contributed by atoms with E-state index in [0.717, 1.165) is 30.3 Å².